The van der Waals surface area contributed by atoms with Gasteiger partial charge in [0.2, 0.25) is 5.91 Å². The van der Waals surface area contributed by atoms with Crippen molar-refractivity contribution in [1.29, 1.82) is 0 Å². The van der Waals surface area contributed by atoms with E-state index in [0.717, 1.165) is 37.6 Å². The van der Waals surface area contributed by atoms with E-state index in [0.29, 0.717) is 12.3 Å². The predicted molar refractivity (Wildman–Crippen MR) is 86.8 cm³/mol. The third-order valence-electron chi connectivity index (χ3n) is 4.85. The lowest BCUT2D eigenvalue weighted by molar-refractivity contribution is -0.118. The van der Waals surface area contributed by atoms with Gasteiger partial charge in [-0.05, 0) is 60.8 Å². The summed E-state index contributed by atoms with van der Waals surface area (Å²) in [6, 6.07) is 6.44. The van der Waals surface area contributed by atoms with Gasteiger partial charge in [-0.3, -0.25) is 9.69 Å². The van der Waals surface area contributed by atoms with Crippen LogP contribution in [0.2, 0.25) is 0 Å². The van der Waals surface area contributed by atoms with Crippen molar-refractivity contribution in [2.75, 3.05) is 20.2 Å². The fourth-order valence-corrected chi connectivity index (χ4v) is 3.51. The molecule has 22 heavy (non-hydrogen) atoms. The molecular formula is C18H26N2O2. The number of carbonyl (C=O) groups is 1. The van der Waals surface area contributed by atoms with E-state index in [2.05, 4.69) is 23.1 Å². The molecule has 4 nitrogen and oxygen atoms in total. The van der Waals surface area contributed by atoms with E-state index in [1.807, 2.05) is 0 Å². The summed E-state index contributed by atoms with van der Waals surface area (Å²) in [6.07, 6.45) is 5.15. The summed E-state index contributed by atoms with van der Waals surface area (Å²) in [5, 5.41) is 0. The fraction of sp³-hybridized carbons (Fsp3) is 0.611. The van der Waals surface area contributed by atoms with Gasteiger partial charge in [0.15, 0.2) is 0 Å². The number of methoxy groups -OCH3 is 1. The Morgan fingerprint density at radius 3 is 2.91 bits per heavy atom. The normalized spacial score (nSPS) is 21.4. The van der Waals surface area contributed by atoms with E-state index in [1.165, 1.54) is 30.5 Å². The molecule has 0 bridgehead atoms. The molecule has 2 N–H and O–H groups in total. The number of hydrogen-bond acceptors (Lipinski definition) is 3. The molecule has 0 radical (unpaired) electrons. The van der Waals surface area contributed by atoms with Crippen LogP contribution in [0.4, 0.5) is 0 Å². The second-order valence-electron chi connectivity index (χ2n) is 6.76. The minimum Gasteiger partial charge on any atom is -0.497 e. The fourth-order valence-electron chi connectivity index (χ4n) is 3.51. The Balaban J connectivity index is 1.73. The van der Waals surface area contributed by atoms with Crippen molar-refractivity contribution >= 4 is 5.91 Å². The van der Waals surface area contributed by atoms with E-state index in [1.54, 1.807) is 7.11 Å². The number of rotatable bonds is 7. The van der Waals surface area contributed by atoms with Gasteiger partial charge < -0.3 is 10.5 Å². The molecule has 1 unspecified atom stereocenters. The van der Waals surface area contributed by atoms with E-state index in [9.17, 15) is 4.79 Å². The molecule has 1 amide bonds. The Labute approximate surface area is 132 Å². The van der Waals surface area contributed by atoms with Gasteiger partial charge in [-0.2, -0.15) is 0 Å². The van der Waals surface area contributed by atoms with Crippen LogP contribution in [0.1, 0.15) is 49.1 Å². The van der Waals surface area contributed by atoms with Crippen LogP contribution in [-0.2, 0) is 11.3 Å². The SMILES string of the molecule is COc1ccc2c(c1)C(CCCC(N)=O)CN(CC1CC1)C2. The van der Waals surface area contributed by atoms with Crippen LogP contribution in [0.5, 0.6) is 5.75 Å². The van der Waals surface area contributed by atoms with Crippen LogP contribution in [-0.4, -0.2) is 31.0 Å². The van der Waals surface area contributed by atoms with Crippen molar-refractivity contribution in [3.8, 4) is 5.75 Å². The first-order chi connectivity index (χ1) is 10.7. The van der Waals surface area contributed by atoms with Crippen molar-refractivity contribution in [1.82, 2.24) is 4.90 Å². The largest absolute Gasteiger partial charge is 0.497 e. The molecule has 1 aromatic carbocycles. The molecule has 1 fully saturated rings. The van der Waals surface area contributed by atoms with Crippen LogP contribution in [0.15, 0.2) is 18.2 Å². The number of nitrogens with two attached hydrogens (primary N) is 1. The molecule has 1 aliphatic heterocycles. The van der Waals surface area contributed by atoms with Gasteiger partial charge in [-0.1, -0.05) is 6.07 Å². The van der Waals surface area contributed by atoms with E-state index in [4.69, 9.17) is 10.5 Å². The highest BCUT2D eigenvalue weighted by Gasteiger charge is 2.30. The van der Waals surface area contributed by atoms with Crippen LogP contribution >= 0.6 is 0 Å². The third kappa shape index (κ3) is 3.80. The number of nitrogens with zero attached hydrogens (tertiary/aromatic N) is 1. The van der Waals surface area contributed by atoms with E-state index < -0.39 is 0 Å². The lowest BCUT2D eigenvalue weighted by Gasteiger charge is -2.35. The van der Waals surface area contributed by atoms with Crippen LogP contribution in [0.3, 0.4) is 0 Å². The van der Waals surface area contributed by atoms with Crippen molar-refractivity contribution in [3.05, 3.63) is 29.3 Å². The summed E-state index contributed by atoms with van der Waals surface area (Å²) in [5.41, 5.74) is 8.09. The van der Waals surface area contributed by atoms with Crippen LogP contribution < -0.4 is 10.5 Å². The zero-order valence-corrected chi connectivity index (χ0v) is 13.4. The van der Waals surface area contributed by atoms with Crippen LogP contribution in [0, 0.1) is 5.92 Å². The Bertz CT molecular complexity index is 540. The smallest absolute Gasteiger partial charge is 0.217 e. The highest BCUT2D eigenvalue weighted by molar-refractivity contribution is 5.73. The van der Waals surface area contributed by atoms with Crippen molar-refractivity contribution in [3.63, 3.8) is 0 Å². The maximum atomic E-state index is 11.0. The molecule has 0 saturated heterocycles. The molecule has 3 rings (SSSR count). The minimum absolute atomic E-state index is 0.198. The number of primary amides is 1. The molecule has 1 saturated carbocycles. The van der Waals surface area contributed by atoms with Crippen molar-refractivity contribution < 1.29 is 9.53 Å². The second kappa shape index (κ2) is 6.69. The third-order valence-corrected chi connectivity index (χ3v) is 4.85. The van der Waals surface area contributed by atoms with Crippen molar-refractivity contribution in [2.45, 2.75) is 44.6 Å². The molecule has 0 spiro atoms. The Morgan fingerprint density at radius 1 is 1.41 bits per heavy atom. The van der Waals surface area contributed by atoms with E-state index >= 15 is 0 Å². The maximum absolute atomic E-state index is 11.0. The summed E-state index contributed by atoms with van der Waals surface area (Å²) >= 11 is 0. The number of amides is 1. The summed E-state index contributed by atoms with van der Waals surface area (Å²) in [7, 11) is 1.71. The molecule has 1 aromatic rings. The Kier molecular flexibility index (Phi) is 4.67. The second-order valence-corrected chi connectivity index (χ2v) is 6.76. The summed E-state index contributed by atoms with van der Waals surface area (Å²) in [4.78, 5) is 13.6. The van der Waals surface area contributed by atoms with Crippen LogP contribution in [0.25, 0.3) is 0 Å². The van der Waals surface area contributed by atoms with Gasteiger partial charge in [0.25, 0.3) is 0 Å². The summed E-state index contributed by atoms with van der Waals surface area (Å²) in [5.74, 6) is 2.12. The highest BCUT2D eigenvalue weighted by Crippen LogP contribution is 2.37. The van der Waals surface area contributed by atoms with Gasteiger partial charge in [-0.15, -0.1) is 0 Å². The first kappa shape index (κ1) is 15.3. The lowest BCUT2D eigenvalue weighted by atomic mass is 9.86. The molecule has 4 heteroatoms. The number of benzene rings is 1. The standard InChI is InChI=1S/C18H26N2O2/c1-22-16-8-7-15-12-20(10-13-5-6-13)11-14(17(15)9-16)3-2-4-18(19)21/h7-9,13-14H,2-6,10-12H2,1H3,(H2,19,21). The average molecular weight is 302 g/mol. The zero-order valence-electron chi connectivity index (χ0n) is 13.4. The van der Waals surface area contributed by atoms with E-state index in [-0.39, 0.29) is 5.91 Å². The molecule has 120 valence electrons. The van der Waals surface area contributed by atoms with Gasteiger partial charge in [0.05, 0.1) is 7.11 Å². The topological polar surface area (TPSA) is 55.6 Å². The number of carbonyl (C=O) groups excluding carboxylic acids is 1. The molecule has 1 aliphatic carbocycles. The molecule has 0 aromatic heterocycles. The monoisotopic (exact) mass is 302 g/mol. The Morgan fingerprint density at radius 2 is 2.23 bits per heavy atom. The molecule has 1 atom stereocenters. The number of fused-ring (bicyclic) bond motifs is 1. The lowest BCUT2D eigenvalue weighted by Crippen LogP contribution is -2.35. The van der Waals surface area contributed by atoms with Gasteiger partial charge in [-0.25, -0.2) is 0 Å². The van der Waals surface area contributed by atoms with Gasteiger partial charge in [0, 0.05) is 26.1 Å². The number of ether oxygens (including phenoxy) is 1. The average Bonchev–Trinajstić information content (AvgIpc) is 3.30. The summed E-state index contributed by atoms with van der Waals surface area (Å²) in [6.45, 7) is 3.36. The van der Waals surface area contributed by atoms with Gasteiger partial charge in [0.1, 0.15) is 5.75 Å². The minimum atomic E-state index is -0.198. The predicted octanol–water partition coefficient (Wildman–Crippen LogP) is 2.66. The number of hydrogen-bond donors (Lipinski definition) is 1. The highest BCUT2D eigenvalue weighted by atomic mass is 16.5. The molecule has 2 aliphatic rings. The van der Waals surface area contributed by atoms with Gasteiger partial charge >= 0.3 is 0 Å². The first-order valence-corrected chi connectivity index (χ1v) is 8.33. The maximum Gasteiger partial charge on any atom is 0.217 e. The zero-order chi connectivity index (χ0) is 15.5. The quantitative estimate of drug-likeness (QED) is 0.842. The molecular weight excluding hydrogens is 276 g/mol. The molecule has 1 heterocycles. The Hall–Kier alpha value is -1.55. The first-order valence-electron chi connectivity index (χ1n) is 8.33. The summed E-state index contributed by atoms with van der Waals surface area (Å²) < 4.78 is 5.38. The van der Waals surface area contributed by atoms with Crippen molar-refractivity contribution in [2.24, 2.45) is 11.7 Å².